The minimum absolute atomic E-state index is 0.116. The minimum atomic E-state index is -3.71. The Labute approximate surface area is 152 Å². The lowest BCUT2D eigenvalue weighted by Gasteiger charge is -2.15. The van der Waals surface area contributed by atoms with E-state index in [-0.39, 0.29) is 10.5 Å². The van der Waals surface area contributed by atoms with Gasteiger partial charge in [-0.05, 0) is 49.2 Å². The molecule has 1 heterocycles. The van der Waals surface area contributed by atoms with Crippen LogP contribution in [0.15, 0.2) is 70.9 Å². The Morgan fingerprint density at radius 3 is 2.42 bits per heavy atom. The molecule has 0 bridgehead atoms. The molecule has 1 N–H and O–H groups in total. The van der Waals surface area contributed by atoms with Gasteiger partial charge in [0.15, 0.2) is 0 Å². The van der Waals surface area contributed by atoms with Crippen molar-refractivity contribution in [2.45, 2.75) is 18.2 Å². The third kappa shape index (κ3) is 3.28. The molecular weight excluding hydrogens is 348 g/mol. The fourth-order valence-electron chi connectivity index (χ4n) is 2.90. The van der Waals surface area contributed by atoms with Gasteiger partial charge in [-0.15, -0.1) is 6.58 Å². The van der Waals surface area contributed by atoms with Crippen LogP contribution in [0.5, 0.6) is 0 Å². The van der Waals surface area contributed by atoms with Gasteiger partial charge in [0.2, 0.25) is 0 Å². The van der Waals surface area contributed by atoms with Gasteiger partial charge in [0.1, 0.15) is 0 Å². The van der Waals surface area contributed by atoms with E-state index in [1.807, 2.05) is 6.92 Å². The fraction of sp³-hybridized carbons (Fsp3) is 0.150. The number of aryl methyl sites for hydroxylation is 2. The first-order valence-electron chi connectivity index (χ1n) is 8.15. The molecule has 6 heteroatoms. The zero-order chi connectivity index (χ0) is 18.9. The lowest BCUT2D eigenvalue weighted by atomic mass is 10.0. The molecule has 26 heavy (non-hydrogen) atoms. The van der Waals surface area contributed by atoms with Crippen LogP contribution in [0, 0.1) is 6.92 Å². The summed E-state index contributed by atoms with van der Waals surface area (Å²) >= 11 is 0. The second-order valence-corrected chi connectivity index (χ2v) is 7.85. The lowest BCUT2D eigenvalue weighted by molar-refractivity contribution is 0.601. The highest BCUT2D eigenvalue weighted by molar-refractivity contribution is 7.92. The van der Waals surface area contributed by atoms with Crippen LogP contribution in [-0.4, -0.2) is 13.0 Å². The smallest absolute Gasteiger partial charge is 0.261 e. The number of hydrogen-bond acceptors (Lipinski definition) is 3. The summed E-state index contributed by atoms with van der Waals surface area (Å²) in [4.78, 5) is 12.1. The van der Waals surface area contributed by atoms with Gasteiger partial charge in [0.05, 0.1) is 16.1 Å². The average Bonchev–Trinajstić information content (AvgIpc) is 2.60. The van der Waals surface area contributed by atoms with Crippen LogP contribution in [0.4, 0.5) is 5.69 Å². The summed E-state index contributed by atoms with van der Waals surface area (Å²) in [6.07, 6.45) is 2.19. The number of allylic oxidation sites excluding steroid dienone is 1. The largest absolute Gasteiger partial charge is 0.311 e. The van der Waals surface area contributed by atoms with E-state index < -0.39 is 10.0 Å². The van der Waals surface area contributed by atoms with Crippen LogP contribution in [0.2, 0.25) is 0 Å². The predicted molar refractivity (Wildman–Crippen MR) is 105 cm³/mol. The van der Waals surface area contributed by atoms with Crippen molar-refractivity contribution in [2.75, 3.05) is 4.72 Å². The van der Waals surface area contributed by atoms with Crippen LogP contribution < -0.4 is 10.3 Å². The molecule has 0 amide bonds. The van der Waals surface area contributed by atoms with E-state index in [0.29, 0.717) is 12.1 Å². The van der Waals surface area contributed by atoms with Gasteiger partial charge < -0.3 is 4.57 Å². The first kappa shape index (κ1) is 17.9. The Kier molecular flexibility index (Phi) is 4.70. The molecule has 0 aliphatic heterocycles. The maximum Gasteiger partial charge on any atom is 0.261 e. The summed E-state index contributed by atoms with van der Waals surface area (Å²) in [6.45, 7) is 5.66. The second kappa shape index (κ2) is 6.80. The lowest BCUT2D eigenvalue weighted by Crippen LogP contribution is -2.17. The van der Waals surface area contributed by atoms with E-state index in [2.05, 4.69) is 11.3 Å². The van der Waals surface area contributed by atoms with Crippen molar-refractivity contribution >= 4 is 26.6 Å². The molecule has 3 rings (SSSR count). The van der Waals surface area contributed by atoms with E-state index in [9.17, 15) is 13.2 Å². The Balaban J connectivity index is 2.14. The monoisotopic (exact) mass is 368 g/mol. The van der Waals surface area contributed by atoms with Crippen molar-refractivity contribution in [2.24, 2.45) is 7.05 Å². The third-order valence-electron chi connectivity index (χ3n) is 4.34. The molecule has 0 aliphatic rings. The van der Waals surface area contributed by atoms with Gasteiger partial charge in [0.25, 0.3) is 15.6 Å². The Bertz CT molecular complexity index is 1140. The van der Waals surface area contributed by atoms with Gasteiger partial charge in [-0.3, -0.25) is 9.52 Å². The zero-order valence-corrected chi connectivity index (χ0v) is 15.5. The summed E-state index contributed by atoms with van der Waals surface area (Å²) in [5.74, 6) is 0. The highest BCUT2D eigenvalue weighted by atomic mass is 32.2. The van der Waals surface area contributed by atoms with E-state index >= 15 is 0 Å². The maximum atomic E-state index is 12.7. The highest BCUT2D eigenvalue weighted by Crippen LogP contribution is 2.28. The van der Waals surface area contributed by atoms with Gasteiger partial charge in [-0.1, -0.05) is 23.8 Å². The number of pyridine rings is 1. The molecule has 3 aromatic rings. The van der Waals surface area contributed by atoms with Gasteiger partial charge in [-0.25, -0.2) is 8.42 Å². The molecule has 0 fully saturated rings. The number of anilines is 1. The van der Waals surface area contributed by atoms with Crippen molar-refractivity contribution < 1.29 is 8.42 Å². The number of benzene rings is 2. The number of sulfonamides is 1. The Morgan fingerprint density at radius 2 is 1.77 bits per heavy atom. The van der Waals surface area contributed by atoms with E-state index in [0.717, 1.165) is 22.0 Å². The fourth-order valence-corrected chi connectivity index (χ4v) is 3.99. The number of hydrogen-bond donors (Lipinski definition) is 1. The standard InChI is InChI=1S/C20H20N2O3S/c1-4-5-16-17-10-13-20(23)22(3)19(17)12-11-18(16)21-26(24,25)15-8-6-14(2)7-9-15/h4,6-13,21H,1,5H2,2-3H3. The number of aromatic nitrogens is 1. The van der Waals surface area contributed by atoms with E-state index in [1.54, 1.807) is 60.2 Å². The third-order valence-corrected chi connectivity index (χ3v) is 5.72. The summed E-state index contributed by atoms with van der Waals surface area (Å²) in [6, 6.07) is 13.3. The van der Waals surface area contributed by atoms with Gasteiger partial charge in [0, 0.05) is 18.5 Å². The van der Waals surface area contributed by atoms with Gasteiger partial charge >= 0.3 is 0 Å². The quantitative estimate of drug-likeness (QED) is 0.702. The van der Waals surface area contributed by atoms with Crippen molar-refractivity contribution in [3.8, 4) is 0 Å². The summed E-state index contributed by atoms with van der Waals surface area (Å²) in [5, 5.41) is 0.816. The molecule has 1 aromatic heterocycles. The Morgan fingerprint density at radius 1 is 1.08 bits per heavy atom. The van der Waals surface area contributed by atoms with Crippen LogP contribution in [-0.2, 0) is 23.5 Å². The number of nitrogens with zero attached hydrogens (tertiary/aromatic N) is 1. The average molecular weight is 368 g/mol. The SMILES string of the molecule is C=CCc1c(NS(=O)(=O)c2ccc(C)cc2)ccc2c1ccc(=O)n2C. The van der Waals surface area contributed by atoms with Crippen molar-refractivity contribution in [1.82, 2.24) is 4.57 Å². The molecule has 0 radical (unpaired) electrons. The molecule has 0 spiro atoms. The zero-order valence-electron chi connectivity index (χ0n) is 14.7. The molecule has 0 saturated heterocycles. The van der Waals surface area contributed by atoms with Crippen molar-refractivity contribution in [3.05, 3.63) is 82.7 Å². The molecule has 2 aromatic carbocycles. The van der Waals surface area contributed by atoms with Crippen LogP contribution in [0.1, 0.15) is 11.1 Å². The number of rotatable bonds is 5. The topological polar surface area (TPSA) is 68.2 Å². The molecule has 0 aliphatic carbocycles. The number of fused-ring (bicyclic) bond motifs is 1. The predicted octanol–water partition coefficient (Wildman–Crippen LogP) is 3.38. The van der Waals surface area contributed by atoms with E-state index in [4.69, 9.17) is 0 Å². The maximum absolute atomic E-state index is 12.7. The molecular formula is C20H20N2O3S. The summed E-state index contributed by atoms with van der Waals surface area (Å²) in [7, 11) is -2.02. The first-order valence-corrected chi connectivity index (χ1v) is 9.64. The molecule has 0 atom stereocenters. The number of nitrogens with one attached hydrogen (secondary N) is 1. The van der Waals surface area contributed by atoms with Gasteiger partial charge in [-0.2, -0.15) is 0 Å². The first-order chi connectivity index (χ1) is 12.3. The highest BCUT2D eigenvalue weighted by Gasteiger charge is 2.17. The summed E-state index contributed by atoms with van der Waals surface area (Å²) in [5.41, 5.74) is 2.88. The second-order valence-electron chi connectivity index (χ2n) is 6.17. The molecule has 134 valence electrons. The van der Waals surface area contributed by atoms with Crippen molar-refractivity contribution in [3.63, 3.8) is 0 Å². The summed E-state index contributed by atoms with van der Waals surface area (Å²) < 4.78 is 29.7. The van der Waals surface area contributed by atoms with Crippen LogP contribution in [0.3, 0.4) is 0 Å². The molecule has 0 saturated carbocycles. The molecule has 0 unspecified atom stereocenters. The van der Waals surface area contributed by atoms with Crippen molar-refractivity contribution in [1.29, 1.82) is 0 Å². The van der Waals surface area contributed by atoms with Crippen LogP contribution >= 0.6 is 0 Å². The Hall–Kier alpha value is -2.86. The minimum Gasteiger partial charge on any atom is -0.311 e. The normalized spacial score (nSPS) is 11.5. The van der Waals surface area contributed by atoms with Crippen LogP contribution in [0.25, 0.3) is 10.9 Å². The van der Waals surface area contributed by atoms with E-state index in [1.165, 1.54) is 6.07 Å². The molecule has 5 nitrogen and oxygen atoms in total.